The molecule has 4 nitrogen and oxygen atoms in total. The van der Waals surface area contributed by atoms with Gasteiger partial charge in [-0.25, -0.2) is 4.39 Å². The van der Waals surface area contributed by atoms with Crippen molar-refractivity contribution in [2.24, 2.45) is 0 Å². The monoisotopic (exact) mass is 301 g/mol. The van der Waals surface area contributed by atoms with Crippen molar-refractivity contribution in [3.63, 3.8) is 0 Å². The Bertz CT molecular complexity index is 674. The number of carbonyl (C=O) groups excluding carboxylic acids is 1. The van der Waals surface area contributed by atoms with E-state index in [2.05, 4.69) is 10.4 Å². The second-order valence-electron chi connectivity index (χ2n) is 5.12. The number of hydrogen-bond donors (Lipinski definition) is 1. The normalized spacial score (nSPS) is 12.5. The molecule has 0 aliphatic carbocycles. The van der Waals surface area contributed by atoms with Gasteiger partial charge in [0.2, 0.25) is 5.91 Å². The zero-order valence-corrected chi connectivity index (χ0v) is 13.0. The standard InChI is InChI=1S/C17H20FN3O/c1-4-21-13(3)16(11-19-21)12(2)20-17(22)10-7-14-5-8-15(18)9-6-14/h5-12H,4H2,1-3H3,(H,20,22)/b10-7+. The summed E-state index contributed by atoms with van der Waals surface area (Å²) in [5.41, 5.74) is 2.84. The van der Waals surface area contributed by atoms with E-state index in [1.807, 2.05) is 25.5 Å². The van der Waals surface area contributed by atoms with Crippen molar-refractivity contribution < 1.29 is 9.18 Å². The van der Waals surface area contributed by atoms with E-state index < -0.39 is 0 Å². The fourth-order valence-electron chi connectivity index (χ4n) is 2.29. The van der Waals surface area contributed by atoms with E-state index in [0.717, 1.165) is 23.4 Å². The Hall–Kier alpha value is -2.43. The van der Waals surface area contributed by atoms with Crippen LogP contribution in [0.15, 0.2) is 36.5 Å². The number of nitrogens with zero attached hydrogens (tertiary/aromatic N) is 2. The molecule has 1 N–H and O–H groups in total. The summed E-state index contributed by atoms with van der Waals surface area (Å²) in [6.07, 6.45) is 4.89. The van der Waals surface area contributed by atoms with Crippen LogP contribution in [-0.2, 0) is 11.3 Å². The second-order valence-corrected chi connectivity index (χ2v) is 5.12. The average Bonchev–Trinajstić information content (AvgIpc) is 2.87. The van der Waals surface area contributed by atoms with Crippen molar-refractivity contribution in [3.05, 3.63) is 59.2 Å². The van der Waals surface area contributed by atoms with E-state index in [9.17, 15) is 9.18 Å². The Kier molecular flexibility index (Phi) is 5.09. The number of amides is 1. The molecule has 1 amide bonds. The number of halogens is 1. The van der Waals surface area contributed by atoms with E-state index in [1.54, 1.807) is 24.4 Å². The molecule has 2 rings (SSSR count). The van der Waals surface area contributed by atoms with Crippen LogP contribution in [0.2, 0.25) is 0 Å². The first kappa shape index (κ1) is 15.9. The van der Waals surface area contributed by atoms with Crippen LogP contribution in [0.5, 0.6) is 0 Å². The summed E-state index contributed by atoms with van der Waals surface area (Å²) in [5.74, 6) is -0.487. The van der Waals surface area contributed by atoms with E-state index >= 15 is 0 Å². The van der Waals surface area contributed by atoms with Gasteiger partial charge in [-0.15, -0.1) is 0 Å². The van der Waals surface area contributed by atoms with Crippen molar-refractivity contribution in [1.82, 2.24) is 15.1 Å². The third kappa shape index (κ3) is 3.81. The highest BCUT2D eigenvalue weighted by atomic mass is 19.1. The van der Waals surface area contributed by atoms with Gasteiger partial charge in [-0.1, -0.05) is 12.1 Å². The molecule has 1 aromatic heterocycles. The van der Waals surface area contributed by atoms with Crippen LogP contribution in [0.1, 0.15) is 36.7 Å². The fraction of sp³-hybridized carbons (Fsp3) is 0.294. The number of aromatic nitrogens is 2. The Morgan fingerprint density at radius 1 is 1.41 bits per heavy atom. The minimum Gasteiger partial charge on any atom is -0.346 e. The molecule has 0 saturated carbocycles. The van der Waals surface area contributed by atoms with Crippen LogP contribution in [-0.4, -0.2) is 15.7 Å². The smallest absolute Gasteiger partial charge is 0.244 e. The highest BCUT2D eigenvalue weighted by molar-refractivity contribution is 5.91. The highest BCUT2D eigenvalue weighted by Gasteiger charge is 2.13. The maximum atomic E-state index is 12.8. The minimum atomic E-state index is -0.293. The molecule has 1 aromatic carbocycles. The number of nitrogens with one attached hydrogen (secondary N) is 1. The van der Waals surface area contributed by atoms with Crippen LogP contribution in [0, 0.1) is 12.7 Å². The van der Waals surface area contributed by atoms with E-state index in [-0.39, 0.29) is 17.8 Å². The predicted molar refractivity (Wildman–Crippen MR) is 84.6 cm³/mol. The van der Waals surface area contributed by atoms with E-state index in [4.69, 9.17) is 0 Å². The van der Waals surface area contributed by atoms with Gasteiger partial charge >= 0.3 is 0 Å². The lowest BCUT2D eigenvalue weighted by molar-refractivity contribution is -0.117. The number of carbonyl (C=O) groups is 1. The number of rotatable bonds is 5. The summed E-state index contributed by atoms with van der Waals surface area (Å²) in [6, 6.07) is 5.85. The van der Waals surface area contributed by atoms with Gasteiger partial charge in [-0.2, -0.15) is 5.10 Å². The van der Waals surface area contributed by atoms with Crippen LogP contribution in [0.3, 0.4) is 0 Å². The van der Waals surface area contributed by atoms with Crippen molar-refractivity contribution in [3.8, 4) is 0 Å². The van der Waals surface area contributed by atoms with Crippen molar-refractivity contribution in [2.45, 2.75) is 33.4 Å². The zero-order valence-electron chi connectivity index (χ0n) is 13.0. The second kappa shape index (κ2) is 7.02. The lowest BCUT2D eigenvalue weighted by atomic mass is 10.1. The fourth-order valence-corrected chi connectivity index (χ4v) is 2.29. The quantitative estimate of drug-likeness (QED) is 0.862. The van der Waals surface area contributed by atoms with Crippen molar-refractivity contribution in [1.29, 1.82) is 0 Å². The number of aryl methyl sites for hydroxylation is 1. The third-order valence-corrected chi connectivity index (χ3v) is 3.56. The Morgan fingerprint density at radius 3 is 2.68 bits per heavy atom. The minimum absolute atomic E-state index is 0.120. The largest absolute Gasteiger partial charge is 0.346 e. The first-order valence-electron chi connectivity index (χ1n) is 7.27. The topological polar surface area (TPSA) is 46.9 Å². The molecule has 1 heterocycles. The Balaban J connectivity index is 1.99. The molecule has 1 unspecified atom stereocenters. The Morgan fingerprint density at radius 2 is 2.09 bits per heavy atom. The molecule has 2 aromatic rings. The lowest BCUT2D eigenvalue weighted by Gasteiger charge is -2.12. The van der Waals surface area contributed by atoms with Crippen LogP contribution in [0.25, 0.3) is 6.08 Å². The molecule has 0 fully saturated rings. The van der Waals surface area contributed by atoms with Crippen LogP contribution in [0.4, 0.5) is 4.39 Å². The van der Waals surface area contributed by atoms with Gasteiger partial charge in [0.1, 0.15) is 5.82 Å². The van der Waals surface area contributed by atoms with Gasteiger partial charge in [0.25, 0.3) is 0 Å². The maximum absolute atomic E-state index is 12.8. The molecule has 1 atom stereocenters. The van der Waals surface area contributed by atoms with E-state index in [1.165, 1.54) is 18.2 Å². The summed E-state index contributed by atoms with van der Waals surface area (Å²) in [5, 5.41) is 7.18. The van der Waals surface area contributed by atoms with Crippen molar-refractivity contribution >= 4 is 12.0 Å². The van der Waals surface area contributed by atoms with Crippen LogP contribution < -0.4 is 5.32 Å². The SMILES string of the molecule is CCn1ncc(C(C)NC(=O)/C=C/c2ccc(F)cc2)c1C. The molecule has 0 saturated heterocycles. The number of hydrogen-bond acceptors (Lipinski definition) is 2. The van der Waals surface area contributed by atoms with Gasteiger partial charge in [0, 0.05) is 23.9 Å². The van der Waals surface area contributed by atoms with Gasteiger partial charge in [-0.3, -0.25) is 9.48 Å². The molecular weight excluding hydrogens is 281 g/mol. The first-order chi connectivity index (χ1) is 10.5. The van der Waals surface area contributed by atoms with Gasteiger partial charge in [0.05, 0.1) is 12.2 Å². The van der Waals surface area contributed by atoms with Crippen LogP contribution >= 0.6 is 0 Å². The summed E-state index contributed by atoms with van der Waals surface area (Å²) in [4.78, 5) is 12.0. The first-order valence-corrected chi connectivity index (χ1v) is 7.27. The molecule has 116 valence electrons. The lowest BCUT2D eigenvalue weighted by Crippen LogP contribution is -2.25. The maximum Gasteiger partial charge on any atom is 0.244 e. The molecule has 0 spiro atoms. The molecule has 0 bridgehead atoms. The molecule has 22 heavy (non-hydrogen) atoms. The van der Waals surface area contributed by atoms with Gasteiger partial charge in [-0.05, 0) is 44.5 Å². The highest BCUT2D eigenvalue weighted by Crippen LogP contribution is 2.16. The summed E-state index contributed by atoms with van der Waals surface area (Å²) in [7, 11) is 0. The van der Waals surface area contributed by atoms with E-state index in [0.29, 0.717) is 0 Å². The predicted octanol–water partition coefficient (Wildman–Crippen LogP) is 3.24. The zero-order chi connectivity index (χ0) is 16.1. The third-order valence-electron chi connectivity index (χ3n) is 3.56. The summed E-state index contributed by atoms with van der Waals surface area (Å²) >= 11 is 0. The van der Waals surface area contributed by atoms with Gasteiger partial charge in [0.15, 0.2) is 0 Å². The average molecular weight is 301 g/mol. The molecule has 5 heteroatoms. The van der Waals surface area contributed by atoms with Gasteiger partial charge < -0.3 is 5.32 Å². The summed E-state index contributed by atoms with van der Waals surface area (Å²) in [6.45, 7) is 6.74. The molecule has 0 aliphatic heterocycles. The summed E-state index contributed by atoms with van der Waals surface area (Å²) < 4.78 is 14.7. The molecule has 0 radical (unpaired) electrons. The van der Waals surface area contributed by atoms with Crippen molar-refractivity contribution in [2.75, 3.05) is 0 Å². The molecular formula is C17H20FN3O. The number of benzene rings is 1. The Labute approximate surface area is 129 Å². The molecule has 0 aliphatic rings.